The van der Waals surface area contributed by atoms with Crippen LogP contribution in [0.5, 0.6) is 0 Å². The lowest BCUT2D eigenvalue weighted by atomic mass is 9.81. The van der Waals surface area contributed by atoms with E-state index in [1.165, 1.54) is 5.56 Å². The summed E-state index contributed by atoms with van der Waals surface area (Å²) in [6, 6.07) is 29.9. The van der Waals surface area contributed by atoms with Crippen LogP contribution in [0.25, 0.3) is 0 Å². The monoisotopic (exact) mass is 481 g/mol. The van der Waals surface area contributed by atoms with E-state index in [0.29, 0.717) is 18.8 Å². The van der Waals surface area contributed by atoms with Crippen LogP contribution in [0, 0.1) is 11.8 Å². The third-order valence-electron chi connectivity index (χ3n) is 7.16. The topological polar surface area (TPSA) is 70.8 Å². The second-order valence-electron chi connectivity index (χ2n) is 9.55. The van der Waals surface area contributed by atoms with Crippen molar-refractivity contribution in [2.75, 3.05) is 6.61 Å². The van der Waals surface area contributed by atoms with Gasteiger partial charge in [0.15, 0.2) is 11.9 Å². The highest BCUT2D eigenvalue weighted by atomic mass is 16.8. The van der Waals surface area contributed by atoms with Crippen molar-refractivity contribution in [3.8, 4) is 11.8 Å². The van der Waals surface area contributed by atoms with Crippen molar-refractivity contribution in [3.05, 3.63) is 108 Å². The molecule has 1 spiro atoms. The molecule has 5 nitrogen and oxygen atoms in total. The maximum atomic E-state index is 13.0. The van der Waals surface area contributed by atoms with Crippen LogP contribution >= 0.6 is 0 Å². The van der Waals surface area contributed by atoms with E-state index >= 15 is 0 Å². The van der Waals surface area contributed by atoms with Crippen molar-refractivity contribution in [1.29, 1.82) is 0 Å². The van der Waals surface area contributed by atoms with E-state index in [4.69, 9.17) is 19.9 Å². The average Bonchev–Trinajstić information content (AvgIpc) is 3.31. The second-order valence-corrected chi connectivity index (χ2v) is 9.55. The molecule has 1 aliphatic carbocycles. The van der Waals surface area contributed by atoms with Gasteiger partial charge in [0.2, 0.25) is 5.60 Å². The number of nitrogens with two attached hydrogens (primary N) is 1. The summed E-state index contributed by atoms with van der Waals surface area (Å²) in [6.45, 7) is 0.289. The average molecular weight is 482 g/mol. The molecule has 2 aliphatic rings. The van der Waals surface area contributed by atoms with Gasteiger partial charge in [0.1, 0.15) is 0 Å². The predicted octanol–water partition coefficient (Wildman–Crippen LogP) is 4.95. The Morgan fingerprint density at radius 1 is 0.944 bits per heavy atom. The maximum absolute atomic E-state index is 13.0. The summed E-state index contributed by atoms with van der Waals surface area (Å²) in [5.74, 6) is 5.25. The Morgan fingerprint density at radius 3 is 2.19 bits per heavy atom. The normalized spacial score (nSPS) is 26.2. The van der Waals surface area contributed by atoms with Crippen LogP contribution in [0.1, 0.15) is 48.3 Å². The molecule has 1 heterocycles. The first-order valence-corrected chi connectivity index (χ1v) is 12.5. The number of ether oxygens (including phenoxy) is 3. The van der Waals surface area contributed by atoms with E-state index in [1.54, 1.807) is 0 Å². The van der Waals surface area contributed by atoms with Gasteiger partial charge in [-0.25, -0.2) is 0 Å². The highest BCUT2D eigenvalue weighted by Crippen LogP contribution is 2.47. The standard InChI is InChI=1S/C31H31NO4/c32-29(33)31(23-35-30(36-31)20-18-27(19-21-30)26-14-8-3-9-15-26)28(17-16-24-10-4-1-5-11-24)34-22-25-12-6-2-7-13-25/h1-15,27-28H,18-23H2,(H2,32,33)/t27?,28-,30?,31?/m0/s1. The lowest BCUT2D eigenvalue weighted by Gasteiger charge is -2.38. The molecule has 5 rings (SSSR count). The summed E-state index contributed by atoms with van der Waals surface area (Å²) < 4.78 is 19.0. The number of carbonyl (C=O) groups is 1. The van der Waals surface area contributed by atoms with Crippen LogP contribution in [0.3, 0.4) is 0 Å². The van der Waals surface area contributed by atoms with Crippen LogP contribution in [-0.4, -0.2) is 30.0 Å². The zero-order chi connectivity index (χ0) is 24.8. The van der Waals surface area contributed by atoms with Crippen LogP contribution in [0.4, 0.5) is 0 Å². The van der Waals surface area contributed by atoms with Crippen LogP contribution < -0.4 is 5.73 Å². The Bertz CT molecular complexity index is 1210. The van der Waals surface area contributed by atoms with E-state index in [2.05, 4.69) is 36.1 Å². The summed E-state index contributed by atoms with van der Waals surface area (Å²) in [5.41, 5.74) is 7.62. The van der Waals surface area contributed by atoms with Crippen molar-refractivity contribution in [3.63, 3.8) is 0 Å². The van der Waals surface area contributed by atoms with Crippen molar-refractivity contribution in [2.45, 2.75) is 55.7 Å². The number of amides is 1. The minimum Gasteiger partial charge on any atom is -0.367 e. The summed E-state index contributed by atoms with van der Waals surface area (Å²) >= 11 is 0. The van der Waals surface area contributed by atoms with E-state index in [1.807, 2.05) is 66.7 Å². The summed E-state index contributed by atoms with van der Waals surface area (Å²) in [6.07, 6.45) is 2.29. The SMILES string of the molecule is NC(=O)C1([C@H](C#Cc2ccccc2)OCc2ccccc2)COC2(CCC(c3ccccc3)CC2)O1. The fourth-order valence-electron chi connectivity index (χ4n) is 5.09. The van der Waals surface area contributed by atoms with Crippen LogP contribution in [-0.2, 0) is 25.6 Å². The first kappa shape index (κ1) is 24.3. The molecule has 36 heavy (non-hydrogen) atoms. The molecule has 1 aliphatic heterocycles. The van der Waals surface area contributed by atoms with Gasteiger partial charge < -0.3 is 19.9 Å². The highest BCUT2D eigenvalue weighted by Gasteiger charge is 2.59. The van der Waals surface area contributed by atoms with Gasteiger partial charge in [-0.15, -0.1) is 0 Å². The minimum atomic E-state index is -1.49. The molecule has 2 fully saturated rings. The van der Waals surface area contributed by atoms with Crippen molar-refractivity contribution >= 4 is 5.91 Å². The van der Waals surface area contributed by atoms with Gasteiger partial charge in [-0.05, 0) is 42.0 Å². The Hall–Kier alpha value is -3.43. The molecule has 2 N–H and O–H groups in total. The molecule has 5 heteroatoms. The second kappa shape index (κ2) is 10.7. The number of hydrogen-bond donors (Lipinski definition) is 1. The number of rotatable bonds is 6. The molecule has 3 aromatic rings. The lowest BCUT2D eigenvalue weighted by molar-refractivity contribution is -0.220. The highest BCUT2D eigenvalue weighted by molar-refractivity contribution is 5.85. The van der Waals surface area contributed by atoms with Gasteiger partial charge in [-0.1, -0.05) is 90.7 Å². The molecule has 1 unspecified atom stereocenters. The molecule has 0 radical (unpaired) electrons. The number of carbonyl (C=O) groups excluding carboxylic acids is 1. The van der Waals surface area contributed by atoms with Crippen molar-refractivity contribution < 1.29 is 19.0 Å². The van der Waals surface area contributed by atoms with E-state index in [9.17, 15) is 4.79 Å². The fourth-order valence-corrected chi connectivity index (χ4v) is 5.09. The Kier molecular flexibility index (Phi) is 7.20. The van der Waals surface area contributed by atoms with Gasteiger partial charge in [0, 0.05) is 18.4 Å². The Morgan fingerprint density at radius 2 is 1.56 bits per heavy atom. The maximum Gasteiger partial charge on any atom is 0.256 e. The molecule has 1 saturated carbocycles. The summed E-state index contributed by atoms with van der Waals surface area (Å²) in [5, 5.41) is 0. The van der Waals surface area contributed by atoms with Crippen molar-refractivity contribution in [1.82, 2.24) is 0 Å². The summed E-state index contributed by atoms with van der Waals surface area (Å²) in [7, 11) is 0. The zero-order valence-corrected chi connectivity index (χ0v) is 20.3. The minimum absolute atomic E-state index is 0.0151. The lowest BCUT2D eigenvalue weighted by Crippen LogP contribution is -2.57. The Labute approximate surface area is 212 Å². The Balaban J connectivity index is 1.38. The fraction of sp³-hybridized carbons (Fsp3) is 0.323. The predicted molar refractivity (Wildman–Crippen MR) is 138 cm³/mol. The van der Waals surface area contributed by atoms with Crippen LogP contribution in [0.15, 0.2) is 91.0 Å². The van der Waals surface area contributed by atoms with E-state index in [0.717, 1.165) is 24.0 Å². The first-order chi connectivity index (χ1) is 17.6. The molecule has 1 saturated heterocycles. The molecular weight excluding hydrogens is 450 g/mol. The van der Waals surface area contributed by atoms with Gasteiger partial charge in [-0.3, -0.25) is 4.79 Å². The van der Waals surface area contributed by atoms with Gasteiger partial charge in [-0.2, -0.15) is 0 Å². The zero-order valence-electron chi connectivity index (χ0n) is 20.3. The third kappa shape index (κ3) is 5.22. The number of hydrogen-bond acceptors (Lipinski definition) is 4. The molecule has 0 bridgehead atoms. The van der Waals surface area contributed by atoms with Gasteiger partial charge in [0.25, 0.3) is 5.91 Å². The number of primary amides is 1. The molecule has 1 amide bonds. The smallest absolute Gasteiger partial charge is 0.256 e. The third-order valence-corrected chi connectivity index (χ3v) is 7.16. The molecule has 184 valence electrons. The summed E-state index contributed by atoms with van der Waals surface area (Å²) in [4.78, 5) is 13.0. The molecule has 0 aromatic heterocycles. The van der Waals surface area contributed by atoms with Gasteiger partial charge >= 0.3 is 0 Å². The number of benzene rings is 3. The van der Waals surface area contributed by atoms with E-state index < -0.39 is 23.4 Å². The largest absolute Gasteiger partial charge is 0.367 e. The molecular formula is C31H31NO4. The quantitative estimate of drug-likeness (QED) is 0.506. The molecule has 2 atom stereocenters. The van der Waals surface area contributed by atoms with Crippen molar-refractivity contribution in [2.24, 2.45) is 5.73 Å². The first-order valence-electron chi connectivity index (χ1n) is 12.5. The molecule has 3 aromatic carbocycles. The van der Waals surface area contributed by atoms with E-state index in [-0.39, 0.29) is 13.2 Å². The van der Waals surface area contributed by atoms with Crippen LogP contribution in [0.2, 0.25) is 0 Å². The van der Waals surface area contributed by atoms with Gasteiger partial charge in [0.05, 0.1) is 13.2 Å².